The number of nitrogens with zero attached hydrogens (tertiary/aromatic N) is 3. The molecule has 0 amide bonds. The molecule has 0 aliphatic carbocycles. The van der Waals surface area contributed by atoms with E-state index in [4.69, 9.17) is 15.0 Å². The first kappa shape index (κ1) is 21.6. The van der Waals surface area contributed by atoms with Crippen LogP contribution in [0.3, 0.4) is 0 Å². The predicted molar refractivity (Wildman–Crippen MR) is 126 cm³/mol. The van der Waals surface area contributed by atoms with E-state index in [-0.39, 0.29) is 0 Å². The first-order chi connectivity index (χ1) is 14.4. The maximum absolute atomic E-state index is 4.69. The molecule has 154 valence electrons. The monoisotopic (exact) mass is 397 g/mol. The Kier molecular flexibility index (Phi) is 7.29. The Labute approximate surface area is 180 Å². The van der Waals surface area contributed by atoms with Crippen molar-refractivity contribution in [3.63, 3.8) is 0 Å². The van der Waals surface area contributed by atoms with Gasteiger partial charge in [-0.2, -0.15) is 0 Å². The number of hydrogen-bond donors (Lipinski definition) is 0. The van der Waals surface area contributed by atoms with Gasteiger partial charge in [0.1, 0.15) is 0 Å². The number of rotatable bonds is 7. The van der Waals surface area contributed by atoms with E-state index >= 15 is 0 Å². The summed E-state index contributed by atoms with van der Waals surface area (Å²) in [5.74, 6) is 0. The van der Waals surface area contributed by atoms with Crippen molar-refractivity contribution >= 4 is 5.71 Å². The van der Waals surface area contributed by atoms with Crippen LogP contribution in [-0.2, 0) is 19.3 Å². The van der Waals surface area contributed by atoms with Crippen molar-refractivity contribution in [1.29, 1.82) is 0 Å². The molecule has 3 aromatic rings. The van der Waals surface area contributed by atoms with Gasteiger partial charge in [0.05, 0.1) is 0 Å². The average Bonchev–Trinajstić information content (AvgIpc) is 2.67. The second-order valence-electron chi connectivity index (χ2n) is 8.01. The minimum absolute atomic E-state index is 0.827. The Morgan fingerprint density at radius 1 is 0.800 bits per heavy atom. The molecule has 3 rings (SSSR count). The molecule has 0 atom stereocenters. The molecule has 30 heavy (non-hydrogen) atoms. The summed E-state index contributed by atoms with van der Waals surface area (Å²) in [6.45, 7) is 10.2. The van der Waals surface area contributed by atoms with Crippen molar-refractivity contribution in [1.82, 2.24) is 9.97 Å². The van der Waals surface area contributed by atoms with E-state index in [0.717, 1.165) is 53.4 Å². The summed E-state index contributed by atoms with van der Waals surface area (Å²) in [4.78, 5) is 14.1. The molecule has 0 aliphatic rings. The maximum Gasteiger partial charge on any atom is 0.0450 e. The Hall–Kier alpha value is -3.07. The molecule has 0 aliphatic heterocycles. The Bertz CT molecular complexity index is 1010. The number of aryl methyl sites for hydroxylation is 2. The molecule has 0 fully saturated rings. The lowest BCUT2D eigenvalue weighted by atomic mass is 9.96. The van der Waals surface area contributed by atoms with E-state index in [1.807, 2.05) is 45.9 Å². The van der Waals surface area contributed by atoms with Crippen molar-refractivity contribution in [3.8, 4) is 0 Å². The minimum Gasteiger partial charge on any atom is -0.263 e. The van der Waals surface area contributed by atoms with E-state index in [9.17, 15) is 0 Å². The summed E-state index contributed by atoms with van der Waals surface area (Å²) < 4.78 is 0. The predicted octanol–water partition coefficient (Wildman–Crippen LogP) is 6.20. The fourth-order valence-electron chi connectivity index (χ4n) is 3.66. The van der Waals surface area contributed by atoms with Gasteiger partial charge in [0, 0.05) is 53.4 Å². The molecule has 2 aromatic heterocycles. The number of aromatic nitrogens is 2. The van der Waals surface area contributed by atoms with Crippen LogP contribution in [0.4, 0.5) is 0 Å². The zero-order chi connectivity index (χ0) is 21.5. The third-order valence-electron chi connectivity index (χ3n) is 5.02. The van der Waals surface area contributed by atoms with Crippen molar-refractivity contribution < 1.29 is 0 Å². The molecule has 1 aromatic carbocycles. The topological polar surface area (TPSA) is 38.1 Å². The summed E-state index contributed by atoms with van der Waals surface area (Å²) in [6.07, 6.45) is 4.54. The molecule has 0 radical (unpaired) electrons. The number of aliphatic imine (C=N–C) groups is 1. The van der Waals surface area contributed by atoms with Crippen LogP contribution < -0.4 is 0 Å². The van der Waals surface area contributed by atoms with E-state index in [2.05, 4.69) is 49.4 Å². The van der Waals surface area contributed by atoms with Gasteiger partial charge in [0.2, 0.25) is 0 Å². The molecule has 0 unspecified atom stereocenters. The quantitative estimate of drug-likeness (QED) is 0.445. The van der Waals surface area contributed by atoms with Crippen LogP contribution in [0.2, 0.25) is 0 Å². The normalized spacial score (nSPS) is 12.3. The van der Waals surface area contributed by atoms with Crippen LogP contribution in [0.25, 0.3) is 0 Å². The average molecular weight is 398 g/mol. The summed E-state index contributed by atoms with van der Waals surface area (Å²) in [5, 5.41) is 0. The van der Waals surface area contributed by atoms with Crippen molar-refractivity contribution in [2.45, 2.75) is 53.9 Å². The zero-order valence-electron chi connectivity index (χ0n) is 18.7. The fraction of sp³-hybridized carbons (Fsp3) is 0.296. The largest absolute Gasteiger partial charge is 0.263 e. The van der Waals surface area contributed by atoms with E-state index in [1.54, 1.807) is 0 Å². The van der Waals surface area contributed by atoms with Crippen molar-refractivity contribution in [2.75, 3.05) is 0 Å². The van der Waals surface area contributed by atoms with Gasteiger partial charge < -0.3 is 0 Å². The summed E-state index contributed by atoms with van der Waals surface area (Å²) in [7, 11) is 0. The lowest BCUT2D eigenvalue weighted by Crippen LogP contribution is -2.03. The highest BCUT2D eigenvalue weighted by molar-refractivity contribution is 5.85. The number of pyridine rings is 2. The highest BCUT2D eigenvalue weighted by atomic mass is 14.7. The first-order valence-electron chi connectivity index (χ1n) is 10.5. The summed E-state index contributed by atoms with van der Waals surface area (Å²) in [5.41, 5.74) is 10.3. The lowest BCUT2D eigenvalue weighted by molar-refractivity contribution is 1.01. The molecule has 0 bridgehead atoms. The van der Waals surface area contributed by atoms with Crippen LogP contribution in [0.15, 0.2) is 71.4 Å². The molecular weight excluding hydrogens is 366 g/mol. The number of benzene rings is 1. The van der Waals surface area contributed by atoms with Gasteiger partial charge in [-0.1, -0.05) is 36.4 Å². The van der Waals surface area contributed by atoms with Crippen LogP contribution in [0.5, 0.6) is 0 Å². The van der Waals surface area contributed by atoms with Crippen molar-refractivity contribution in [3.05, 3.63) is 106 Å². The number of allylic oxidation sites excluding steroid dienone is 2. The lowest BCUT2D eigenvalue weighted by Gasteiger charge is -2.11. The molecule has 0 saturated carbocycles. The van der Waals surface area contributed by atoms with Gasteiger partial charge in [-0.15, -0.1) is 0 Å². The minimum atomic E-state index is 0.827. The molecule has 3 heteroatoms. The maximum atomic E-state index is 4.69. The SMILES string of the molecule is C/C=C(C)\N=C(/C)Cc1cc(Cc2cccc(C)n2)cc(Cc2cccc(C)n2)c1. The molecular formula is C27H31N3. The molecule has 0 N–H and O–H groups in total. The van der Waals surface area contributed by atoms with Gasteiger partial charge >= 0.3 is 0 Å². The summed E-state index contributed by atoms with van der Waals surface area (Å²) in [6, 6.07) is 19.3. The third kappa shape index (κ3) is 6.48. The Balaban J connectivity index is 1.93. The van der Waals surface area contributed by atoms with Crippen LogP contribution >= 0.6 is 0 Å². The zero-order valence-corrected chi connectivity index (χ0v) is 18.7. The standard InChI is InChI=1S/C27H31N3/c1-6-19(2)28-22(5)13-23-14-24(17-26-11-7-9-20(3)29-26)16-25(15-23)18-27-12-8-10-21(4)30-27/h6-12,14-16H,13,17-18H2,1-5H3/b19-6-,28-22+. The van der Waals surface area contributed by atoms with Crippen LogP contribution in [0, 0.1) is 13.8 Å². The van der Waals surface area contributed by atoms with E-state index in [1.165, 1.54) is 16.7 Å². The summed E-state index contributed by atoms with van der Waals surface area (Å²) >= 11 is 0. The second-order valence-corrected chi connectivity index (χ2v) is 8.01. The van der Waals surface area contributed by atoms with Crippen LogP contribution in [-0.4, -0.2) is 15.7 Å². The van der Waals surface area contributed by atoms with Gasteiger partial charge in [-0.05, 0) is 75.6 Å². The van der Waals surface area contributed by atoms with Crippen molar-refractivity contribution in [2.24, 2.45) is 4.99 Å². The van der Waals surface area contributed by atoms with E-state index in [0.29, 0.717) is 0 Å². The molecule has 0 saturated heterocycles. The third-order valence-corrected chi connectivity index (χ3v) is 5.02. The van der Waals surface area contributed by atoms with Gasteiger partial charge in [0.25, 0.3) is 0 Å². The highest BCUT2D eigenvalue weighted by Gasteiger charge is 2.07. The van der Waals surface area contributed by atoms with Gasteiger partial charge in [0.15, 0.2) is 0 Å². The fourth-order valence-corrected chi connectivity index (χ4v) is 3.66. The number of hydrogen-bond acceptors (Lipinski definition) is 3. The van der Waals surface area contributed by atoms with Crippen LogP contribution in [0.1, 0.15) is 60.2 Å². The highest BCUT2D eigenvalue weighted by Crippen LogP contribution is 2.18. The Morgan fingerprint density at radius 3 is 1.77 bits per heavy atom. The molecule has 2 heterocycles. The second kappa shape index (κ2) is 10.1. The first-order valence-corrected chi connectivity index (χ1v) is 10.5. The van der Waals surface area contributed by atoms with E-state index < -0.39 is 0 Å². The molecule has 0 spiro atoms. The Morgan fingerprint density at radius 2 is 1.30 bits per heavy atom. The van der Waals surface area contributed by atoms with Gasteiger partial charge in [-0.25, -0.2) is 0 Å². The molecule has 3 nitrogen and oxygen atoms in total. The van der Waals surface area contributed by atoms with Gasteiger partial charge in [-0.3, -0.25) is 15.0 Å². The smallest absolute Gasteiger partial charge is 0.0450 e.